The molecule has 8 nitrogen and oxygen atoms in total. The summed E-state index contributed by atoms with van der Waals surface area (Å²) in [7, 11) is 6.41. The first-order valence-corrected chi connectivity index (χ1v) is 14.5. The number of rotatable bonds is 14. The molecule has 0 bridgehead atoms. The van der Waals surface area contributed by atoms with Gasteiger partial charge in [0.05, 0.1) is 19.3 Å². The molecule has 1 aromatic rings. The Labute approximate surface area is 251 Å². The molecular weight excluding hydrogens is 536 g/mol. The molecule has 0 aromatic carbocycles. The second-order valence-electron chi connectivity index (χ2n) is 11.4. The van der Waals surface area contributed by atoms with Crippen molar-refractivity contribution in [2.75, 3.05) is 28.4 Å². The van der Waals surface area contributed by atoms with Crippen molar-refractivity contribution < 1.29 is 32.9 Å². The van der Waals surface area contributed by atoms with Crippen LogP contribution in [-0.4, -0.2) is 52.2 Å². The molecule has 0 spiro atoms. The van der Waals surface area contributed by atoms with Gasteiger partial charge in [0.15, 0.2) is 16.8 Å². The van der Waals surface area contributed by atoms with Crippen LogP contribution in [0.15, 0.2) is 51.2 Å². The number of esters is 1. The summed E-state index contributed by atoms with van der Waals surface area (Å²) in [4.78, 5) is 25.9. The molecule has 1 aliphatic carbocycles. The largest absolute Gasteiger partial charge is 0.496 e. The Balaban J connectivity index is 2.42. The fraction of sp³-hybridized carbons (Fsp3) is 0.588. The lowest BCUT2D eigenvalue weighted by Crippen LogP contribution is -2.53. The predicted molar refractivity (Wildman–Crippen MR) is 165 cm³/mol. The van der Waals surface area contributed by atoms with Gasteiger partial charge in [-0.05, 0) is 53.0 Å². The Hall–Kier alpha value is -2.94. The average molecular weight is 587 g/mol. The van der Waals surface area contributed by atoms with E-state index in [1.165, 1.54) is 26.7 Å². The van der Waals surface area contributed by atoms with E-state index in [1.807, 2.05) is 31.2 Å². The smallest absolute Gasteiger partial charge is 0.303 e. The van der Waals surface area contributed by atoms with E-state index in [0.717, 1.165) is 0 Å². The molecule has 0 saturated carbocycles. The van der Waals surface area contributed by atoms with Gasteiger partial charge in [-0.25, -0.2) is 0 Å². The third-order valence-corrected chi connectivity index (χ3v) is 8.66. The minimum atomic E-state index is -1.40. The highest BCUT2D eigenvalue weighted by Crippen LogP contribution is 2.47. The van der Waals surface area contributed by atoms with Gasteiger partial charge < -0.3 is 28.1 Å². The maximum absolute atomic E-state index is 13.7. The van der Waals surface area contributed by atoms with E-state index in [4.69, 9.17) is 28.1 Å². The van der Waals surface area contributed by atoms with Gasteiger partial charge in [-0.15, -0.1) is 0 Å². The van der Waals surface area contributed by atoms with Crippen molar-refractivity contribution >= 4 is 11.7 Å². The van der Waals surface area contributed by atoms with Crippen LogP contribution in [0, 0.1) is 18.8 Å². The molecular formula is C34H50O8. The van der Waals surface area contributed by atoms with E-state index in [-0.39, 0.29) is 40.8 Å². The van der Waals surface area contributed by atoms with Crippen LogP contribution < -0.4 is 5.43 Å². The first-order chi connectivity index (χ1) is 19.7. The number of methoxy groups -OCH3 is 4. The third-order valence-electron chi connectivity index (χ3n) is 8.66. The van der Waals surface area contributed by atoms with Gasteiger partial charge in [-0.3, -0.25) is 9.59 Å². The monoisotopic (exact) mass is 586 g/mol. The number of carbonyl (C=O) groups excluding carboxylic acids is 1. The van der Waals surface area contributed by atoms with E-state index >= 15 is 0 Å². The zero-order chi connectivity index (χ0) is 31.8. The molecule has 0 amide bonds. The molecule has 1 aromatic heterocycles. The molecule has 0 radical (unpaired) electrons. The lowest BCUT2D eigenvalue weighted by Gasteiger charge is -2.45. The normalized spacial score (nSPS) is 23.8. The van der Waals surface area contributed by atoms with E-state index in [9.17, 15) is 9.59 Å². The summed E-state index contributed by atoms with van der Waals surface area (Å²) in [5.41, 5.74) is -0.874. The molecule has 0 fully saturated rings. The molecule has 0 saturated heterocycles. The molecule has 8 heteroatoms. The molecule has 2 rings (SSSR count). The van der Waals surface area contributed by atoms with Crippen LogP contribution in [0.25, 0.3) is 5.76 Å². The number of allylic oxidation sites excluding steroid dienone is 5. The van der Waals surface area contributed by atoms with Gasteiger partial charge >= 0.3 is 5.97 Å². The van der Waals surface area contributed by atoms with Gasteiger partial charge in [0.25, 0.3) is 0 Å². The summed E-state index contributed by atoms with van der Waals surface area (Å²) in [6, 6.07) is 0. The Morgan fingerprint density at radius 1 is 1.07 bits per heavy atom. The van der Waals surface area contributed by atoms with E-state index in [0.29, 0.717) is 29.9 Å². The SMILES string of the molecule is C/C=C(C)/C=C/C=C/C(OC)C(C)C(OC)C(C)CCc1oc2c(c(=O)c1C)C(OC)=CC(C)(OC)C2(C)OC(C)=O. The van der Waals surface area contributed by atoms with Gasteiger partial charge in [0.2, 0.25) is 0 Å². The van der Waals surface area contributed by atoms with Crippen LogP contribution in [0.2, 0.25) is 0 Å². The minimum absolute atomic E-state index is 0.0585. The van der Waals surface area contributed by atoms with Gasteiger partial charge in [-0.2, -0.15) is 0 Å². The number of ether oxygens (including phenoxy) is 5. The van der Waals surface area contributed by atoms with Crippen molar-refractivity contribution in [1.29, 1.82) is 0 Å². The summed E-state index contributed by atoms with van der Waals surface area (Å²) in [6.07, 6.45) is 12.7. The van der Waals surface area contributed by atoms with Crippen LogP contribution >= 0.6 is 0 Å². The number of aryl methyl sites for hydroxylation is 1. The van der Waals surface area contributed by atoms with Gasteiger partial charge in [0, 0.05) is 46.2 Å². The van der Waals surface area contributed by atoms with E-state index < -0.39 is 17.2 Å². The third kappa shape index (κ3) is 7.33. The van der Waals surface area contributed by atoms with Gasteiger partial charge in [0.1, 0.15) is 22.7 Å². The van der Waals surface area contributed by atoms with Crippen molar-refractivity contribution in [3.63, 3.8) is 0 Å². The summed E-state index contributed by atoms with van der Waals surface area (Å²) in [5.74, 6) is 0.695. The maximum atomic E-state index is 13.7. The zero-order valence-corrected chi connectivity index (χ0v) is 27.5. The molecule has 6 atom stereocenters. The van der Waals surface area contributed by atoms with Crippen LogP contribution in [0.3, 0.4) is 0 Å². The first kappa shape index (κ1) is 35.3. The lowest BCUT2D eigenvalue weighted by atomic mass is 9.76. The first-order valence-electron chi connectivity index (χ1n) is 14.5. The summed E-state index contributed by atoms with van der Waals surface area (Å²) in [5, 5.41) is 0. The van der Waals surface area contributed by atoms with E-state index in [1.54, 1.807) is 41.1 Å². The Morgan fingerprint density at radius 2 is 1.74 bits per heavy atom. The Kier molecular flexibility index (Phi) is 12.6. The minimum Gasteiger partial charge on any atom is -0.496 e. The summed E-state index contributed by atoms with van der Waals surface area (Å²) >= 11 is 0. The van der Waals surface area contributed by atoms with Crippen LogP contribution in [-0.2, 0) is 40.5 Å². The average Bonchev–Trinajstić information content (AvgIpc) is 2.95. The molecule has 1 aliphatic rings. The van der Waals surface area contributed by atoms with Crippen molar-refractivity contribution in [2.45, 2.75) is 91.6 Å². The summed E-state index contributed by atoms with van der Waals surface area (Å²) < 4.78 is 35.5. The number of hydrogen-bond donors (Lipinski definition) is 0. The van der Waals surface area contributed by atoms with E-state index in [2.05, 4.69) is 26.8 Å². The molecule has 234 valence electrons. The van der Waals surface area contributed by atoms with Crippen LogP contribution in [0.4, 0.5) is 0 Å². The Morgan fingerprint density at radius 3 is 2.26 bits per heavy atom. The second kappa shape index (κ2) is 15.0. The fourth-order valence-electron chi connectivity index (χ4n) is 5.62. The molecule has 42 heavy (non-hydrogen) atoms. The lowest BCUT2D eigenvalue weighted by molar-refractivity contribution is -0.191. The van der Waals surface area contributed by atoms with Crippen molar-refractivity contribution in [1.82, 2.24) is 0 Å². The highest BCUT2D eigenvalue weighted by atomic mass is 16.6. The number of fused-ring (bicyclic) bond motifs is 1. The van der Waals surface area contributed by atoms with Crippen LogP contribution in [0.5, 0.6) is 0 Å². The van der Waals surface area contributed by atoms with Crippen molar-refractivity contribution in [2.24, 2.45) is 11.8 Å². The summed E-state index contributed by atoms with van der Waals surface area (Å²) in [6.45, 7) is 14.8. The van der Waals surface area contributed by atoms with Gasteiger partial charge in [-0.1, -0.05) is 49.8 Å². The Bertz CT molecular complexity index is 1270. The van der Waals surface area contributed by atoms with Crippen LogP contribution in [0.1, 0.15) is 77.5 Å². The topological polar surface area (TPSA) is 93.4 Å². The molecule has 0 aliphatic heterocycles. The number of carbonyl (C=O) groups is 1. The maximum Gasteiger partial charge on any atom is 0.303 e. The second-order valence-corrected chi connectivity index (χ2v) is 11.4. The van der Waals surface area contributed by atoms with Crippen molar-refractivity contribution in [3.05, 3.63) is 74.9 Å². The highest BCUT2D eigenvalue weighted by Gasteiger charge is 2.56. The molecule has 0 N–H and O–H groups in total. The quantitative estimate of drug-likeness (QED) is 0.182. The predicted octanol–water partition coefficient (Wildman–Crippen LogP) is 6.45. The molecule has 6 unspecified atom stereocenters. The van der Waals surface area contributed by atoms with Crippen molar-refractivity contribution in [3.8, 4) is 0 Å². The molecule has 1 heterocycles. The highest BCUT2D eigenvalue weighted by molar-refractivity contribution is 5.71. The fourth-order valence-corrected chi connectivity index (χ4v) is 5.62. The standard InChI is InChI=1S/C34H50O8/c1-13-21(2)16-14-15-17-26(37-9)24(5)31(39-11)22(3)18-19-27-23(4)30(36)29-28(38-10)20-33(7,40-12)34(8,32(29)41-27)42-25(6)35/h13-17,20,22,24,26,31H,18-19H2,1-12H3/b16-14+,17-15+,21-13+. The zero-order valence-electron chi connectivity index (χ0n) is 27.5. The number of hydrogen-bond acceptors (Lipinski definition) is 8.